The van der Waals surface area contributed by atoms with Gasteiger partial charge in [0.25, 0.3) is 0 Å². The van der Waals surface area contributed by atoms with Gasteiger partial charge in [0.05, 0.1) is 25.0 Å². The van der Waals surface area contributed by atoms with Gasteiger partial charge in [-0.15, -0.1) is 0 Å². The zero-order chi connectivity index (χ0) is 19.9. The number of H-pyrrole nitrogens is 1. The SMILES string of the molecule is O=C(O)C(F)(F)F.OC(CN1CCOCC1)c1ccc(-c2ccn[nH]2)cc1. The molecule has 1 aromatic carbocycles. The number of β-amino-alcohol motifs (C(OH)–C–C–N with tert-alkyl or cyclic N) is 1. The molecule has 1 aliphatic heterocycles. The van der Waals surface area contributed by atoms with E-state index in [1.54, 1.807) is 6.20 Å². The van der Waals surface area contributed by atoms with Crippen molar-refractivity contribution in [3.8, 4) is 11.3 Å². The zero-order valence-electron chi connectivity index (χ0n) is 14.3. The minimum absolute atomic E-state index is 0.455. The molecule has 2 heterocycles. The van der Waals surface area contributed by atoms with Gasteiger partial charge in [0.1, 0.15) is 0 Å². The third-order valence-corrected chi connectivity index (χ3v) is 3.88. The summed E-state index contributed by atoms with van der Waals surface area (Å²) in [6.45, 7) is 3.95. The van der Waals surface area contributed by atoms with Crippen LogP contribution in [0.25, 0.3) is 11.3 Å². The van der Waals surface area contributed by atoms with Crippen molar-refractivity contribution >= 4 is 5.97 Å². The van der Waals surface area contributed by atoms with Crippen LogP contribution in [0.1, 0.15) is 11.7 Å². The van der Waals surface area contributed by atoms with Gasteiger partial charge in [0.15, 0.2) is 0 Å². The molecule has 148 valence electrons. The molecule has 1 fully saturated rings. The standard InChI is InChI=1S/C15H19N3O2.C2HF3O2/c19-15(11-18-7-9-20-10-8-18)13-3-1-12(2-4-13)14-5-6-16-17-14;3-2(4,5)1(6)7/h1-6,15,19H,7-11H2,(H,16,17);(H,6,7). The van der Waals surface area contributed by atoms with Gasteiger partial charge >= 0.3 is 12.1 Å². The normalized spacial score (nSPS) is 16.3. The van der Waals surface area contributed by atoms with E-state index >= 15 is 0 Å². The van der Waals surface area contributed by atoms with Gasteiger partial charge in [-0.2, -0.15) is 18.3 Å². The number of hydrogen-bond acceptors (Lipinski definition) is 5. The number of rotatable bonds is 4. The van der Waals surface area contributed by atoms with Gasteiger partial charge in [-0.25, -0.2) is 4.79 Å². The summed E-state index contributed by atoms with van der Waals surface area (Å²) in [4.78, 5) is 11.1. The summed E-state index contributed by atoms with van der Waals surface area (Å²) in [7, 11) is 0. The average Bonchev–Trinajstić information content (AvgIpc) is 3.17. The van der Waals surface area contributed by atoms with Crippen LogP contribution in [0.2, 0.25) is 0 Å². The Balaban J connectivity index is 0.000000321. The zero-order valence-corrected chi connectivity index (χ0v) is 14.3. The Morgan fingerprint density at radius 2 is 1.81 bits per heavy atom. The maximum absolute atomic E-state index is 10.6. The molecule has 3 rings (SSSR count). The molecule has 1 atom stereocenters. The van der Waals surface area contributed by atoms with Crippen molar-refractivity contribution < 1.29 is 32.9 Å². The Bertz CT molecular complexity index is 699. The number of aromatic amines is 1. The van der Waals surface area contributed by atoms with E-state index in [9.17, 15) is 18.3 Å². The van der Waals surface area contributed by atoms with Crippen LogP contribution in [0.4, 0.5) is 13.2 Å². The van der Waals surface area contributed by atoms with E-state index < -0.39 is 18.2 Å². The number of alkyl halides is 3. The molecule has 10 heteroatoms. The highest BCUT2D eigenvalue weighted by molar-refractivity contribution is 5.73. The van der Waals surface area contributed by atoms with Crippen molar-refractivity contribution in [2.24, 2.45) is 0 Å². The van der Waals surface area contributed by atoms with Crippen LogP contribution in [0.5, 0.6) is 0 Å². The second-order valence-electron chi connectivity index (χ2n) is 5.82. The number of carbonyl (C=O) groups is 1. The molecule has 7 nitrogen and oxygen atoms in total. The van der Waals surface area contributed by atoms with Crippen molar-refractivity contribution in [3.63, 3.8) is 0 Å². The summed E-state index contributed by atoms with van der Waals surface area (Å²) in [6, 6.07) is 9.89. The summed E-state index contributed by atoms with van der Waals surface area (Å²) in [5.74, 6) is -2.76. The molecule has 1 saturated heterocycles. The fourth-order valence-corrected chi connectivity index (χ4v) is 2.44. The van der Waals surface area contributed by atoms with Gasteiger partial charge in [0, 0.05) is 25.8 Å². The Labute approximate surface area is 153 Å². The van der Waals surface area contributed by atoms with Crippen LogP contribution in [0.15, 0.2) is 36.5 Å². The van der Waals surface area contributed by atoms with Gasteiger partial charge in [-0.05, 0) is 17.2 Å². The first kappa shape index (κ1) is 20.9. The van der Waals surface area contributed by atoms with Crippen molar-refractivity contribution in [3.05, 3.63) is 42.1 Å². The number of hydrogen-bond donors (Lipinski definition) is 3. The van der Waals surface area contributed by atoms with Crippen LogP contribution in [0, 0.1) is 0 Å². The molecule has 1 aromatic heterocycles. The van der Waals surface area contributed by atoms with Crippen molar-refractivity contribution in [1.82, 2.24) is 15.1 Å². The molecule has 1 unspecified atom stereocenters. The van der Waals surface area contributed by atoms with E-state index in [0.29, 0.717) is 6.54 Å². The smallest absolute Gasteiger partial charge is 0.475 e. The maximum atomic E-state index is 10.6. The van der Waals surface area contributed by atoms with Gasteiger partial charge in [0.2, 0.25) is 0 Å². The lowest BCUT2D eigenvalue weighted by Crippen LogP contribution is -2.38. The molecule has 1 aliphatic rings. The Morgan fingerprint density at radius 1 is 1.22 bits per heavy atom. The number of halogens is 3. The third-order valence-electron chi connectivity index (χ3n) is 3.88. The Kier molecular flexibility index (Phi) is 7.34. The fraction of sp³-hybridized carbons (Fsp3) is 0.412. The molecule has 0 radical (unpaired) electrons. The molecule has 0 saturated carbocycles. The number of aliphatic hydroxyl groups is 1. The lowest BCUT2D eigenvalue weighted by molar-refractivity contribution is -0.192. The van der Waals surface area contributed by atoms with Crippen LogP contribution < -0.4 is 0 Å². The molecular formula is C17H20F3N3O4. The molecule has 0 bridgehead atoms. The van der Waals surface area contributed by atoms with E-state index in [4.69, 9.17) is 14.6 Å². The average molecular weight is 387 g/mol. The number of ether oxygens (including phenoxy) is 1. The predicted octanol–water partition coefficient (Wildman–Crippen LogP) is 2.08. The van der Waals surface area contributed by atoms with Crippen molar-refractivity contribution in [1.29, 1.82) is 0 Å². The molecule has 3 N–H and O–H groups in total. The molecule has 27 heavy (non-hydrogen) atoms. The van der Waals surface area contributed by atoms with Crippen molar-refractivity contribution in [2.75, 3.05) is 32.8 Å². The maximum Gasteiger partial charge on any atom is 0.490 e. The minimum Gasteiger partial charge on any atom is -0.475 e. The van der Waals surface area contributed by atoms with Crippen LogP contribution in [0.3, 0.4) is 0 Å². The summed E-state index contributed by atoms with van der Waals surface area (Å²) in [5.41, 5.74) is 3.00. The number of carboxylic acids is 1. The Hall–Kier alpha value is -2.43. The number of nitrogens with zero attached hydrogens (tertiary/aromatic N) is 2. The highest BCUT2D eigenvalue weighted by Crippen LogP contribution is 2.21. The fourth-order valence-electron chi connectivity index (χ4n) is 2.44. The largest absolute Gasteiger partial charge is 0.490 e. The topological polar surface area (TPSA) is 98.7 Å². The summed E-state index contributed by atoms with van der Waals surface area (Å²) in [6.07, 6.45) is -3.81. The molecule has 0 amide bonds. The van der Waals surface area contributed by atoms with Crippen LogP contribution in [-0.2, 0) is 9.53 Å². The van der Waals surface area contributed by atoms with Gasteiger partial charge in [-0.1, -0.05) is 24.3 Å². The second kappa shape index (κ2) is 9.49. The number of aliphatic carboxylic acids is 1. The summed E-state index contributed by atoms with van der Waals surface area (Å²) >= 11 is 0. The molecule has 2 aromatic rings. The van der Waals surface area contributed by atoms with Crippen LogP contribution in [-0.4, -0.2) is 70.3 Å². The second-order valence-corrected chi connectivity index (χ2v) is 5.82. The van der Waals surface area contributed by atoms with Gasteiger partial charge in [-0.3, -0.25) is 10.00 Å². The highest BCUT2D eigenvalue weighted by atomic mass is 19.4. The number of nitrogens with one attached hydrogen (secondary N) is 1. The molecule has 0 aliphatic carbocycles. The first-order chi connectivity index (χ1) is 12.8. The lowest BCUT2D eigenvalue weighted by Gasteiger charge is -2.28. The number of aromatic nitrogens is 2. The van der Waals surface area contributed by atoms with Crippen LogP contribution >= 0.6 is 0 Å². The first-order valence-corrected chi connectivity index (χ1v) is 8.15. The predicted molar refractivity (Wildman–Crippen MR) is 89.9 cm³/mol. The number of aliphatic hydroxyl groups excluding tert-OH is 1. The number of carboxylic acid groups (broad SMARTS) is 1. The first-order valence-electron chi connectivity index (χ1n) is 8.15. The molecular weight excluding hydrogens is 367 g/mol. The van der Waals surface area contributed by atoms with E-state index in [-0.39, 0.29) is 0 Å². The lowest BCUT2D eigenvalue weighted by atomic mass is 10.0. The third kappa shape index (κ3) is 6.66. The number of benzene rings is 1. The Morgan fingerprint density at radius 3 is 2.30 bits per heavy atom. The van der Waals surface area contributed by atoms with E-state index in [1.807, 2.05) is 30.3 Å². The van der Waals surface area contributed by atoms with E-state index in [2.05, 4.69) is 15.1 Å². The molecule has 0 spiro atoms. The van der Waals surface area contributed by atoms with Crippen molar-refractivity contribution in [2.45, 2.75) is 12.3 Å². The van der Waals surface area contributed by atoms with E-state index in [1.165, 1.54) is 0 Å². The number of morpholine rings is 1. The quantitative estimate of drug-likeness (QED) is 0.743. The highest BCUT2D eigenvalue weighted by Gasteiger charge is 2.38. The van der Waals surface area contributed by atoms with Gasteiger partial charge < -0.3 is 14.9 Å². The summed E-state index contributed by atoms with van der Waals surface area (Å²) < 4.78 is 37.0. The minimum atomic E-state index is -5.08. The summed E-state index contributed by atoms with van der Waals surface area (Å²) in [5, 5.41) is 24.3. The van der Waals surface area contributed by atoms with E-state index in [0.717, 1.165) is 43.1 Å². The monoisotopic (exact) mass is 387 g/mol.